The molecule has 0 aliphatic carbocycles. The van der Waals surface area contributed by atoms with Gasteiger partial charge in [-0.25, -0.2) is 9.67 Å². The summed E-state index contributed by atoms with van der Waals surface area (Å²) in [6.07, 6.45) is 7.31. The fourth-order valence-electron chi connectivity index (χ4n) is 3.70. The standard InChI is InChI=1S/C24H36N6O2/c1-6-7-9-19-14-21(26-5)30(28-19)16-18(2)23(32)27-17-24(3,4)12-11-22(31)29-13-8-10-20(29)15-25/h14,16,20H,5-13,17H2,1-4H3,(H,27,32)/b18-16+. The molecule has 8 nitrogen and oxygen atoms in total. The van der Waals surface area contributed by atoms with Crippen LogP contribution in [-0.4, -0.2) is 52.3 Å². The number of carbonyl (C=O) groups excluding carboxylic acids is 2. The van der Waals surface area contributed by atoms with E-state index in [2.05, 4.69) is 35.1 Å². The highest BCUT2D eigenvalue weighted by atomic mass is 16.2. The molecule has 0 spiro atoms. The van der Waals surface area contributed by atoms with Gasteiger partial charge in [-0.1, -0.05) is 27.2 Å². The van der Waals surface area contributed by atoms with Gasteiger partial charge in [0.2, 0.25) is 11.8 Å². The van der Waals surface area contributed by atoms with Gasteiger partial charge in [0.05, 0.1) is 11.8 Å². The molecule has 2 amide bonds. The Morgan fingerprint density at radius 3 is 2.88 bits per heavy atom. The summed E-state index contributed by atoms with van der Waals surface area (Å²) >= 11 is 0. The van der Waals surface area contributed by atoms with Gasteiger partial charge in [0.25, 0.3) is 0 Å². The van der Waals surface area contributed by atoms with Crippen LogP contribution >= 0.6 is 0 Å². The Bertz CT molecular complexity index is 893. The average molecular weight is 441 g/mol. The van der Waals surface area contributed by atoms with Gasteiger partial charge in [-0.2, -0.15) is 10.4 Å². The zero-order valence-corrected chi connectivity index (χ0v) is 19.9. The summed E-state index contributed by atoms with van der Waals surface area (Å²) < 4.78 is 1.60. The van der Waals surface area contributed by atoms with Crippen molar-refractivity contribution in [2.75, 3.05) is 13.1 Å². The van der Waals surface area contributed by atoms with Crippen molar-refractivity contribution in [2.24, 2.45) is 10.4 Å². The molecular weight excluding hydrogens is 404 g/mol. The van der Waals surface area contributed by atoms with Crippen LogP contribution < -0.4 is 5.32 Å². The van der Waals surface area contributed by atoms with Crippen molar-refractivity contribution in [1.82, 2.24) is 20.0 Å². The number of nitrogens with zero attached hydrogens (tertiary/aromatic N) is 5. The number of amides is 2. The quantitative estimate of drug-likeness (QED) is 0.417. The monoisotopic (exact) mass is 440 g/mol. The molecule has 0 saturated carbocycles. The third-order valence-electron chi connectivity index (χ3n) is 5.85. The maximum absolute atomic E-state index is 12.6. The van der Waals surface area contributed by atoms with Crippen molar-refractivity contribution in [3.63, 3.8) is 0 Å². The molecule has 0 bridgehead atoms. The zero-order chi connectivity index (χ0) is 23.7. The largest absolute Gasteiger partial charge is 0.352 e. The van der Waals surface area contributed by atoms with E-state index in [1.54, 1.807) is 22.7 Å². The minimum absolute atomic E-state index is 0.0199. The number of aliphatic imine (C=N–C) groups is 1. The smallest absolute Gasteiger partial charge is 0.248 e. The Morgan fingerprint density at radius 2 is 2.22 bits per heavy atom. The summed E-state index contributed by atoms with van der Waals surface area (Å²) in [6, 6.07) is 3.81. The lowest BCUT2D eigenvalue weighted by Gasteiger charge is -2.27. The molecule has 1 N–H and O–H groups in total. The average Bonchev–Trinajstić information content (AvgIpc) is 3.40. The first-order chi connectivity index (χ1) is 15.2. The molecule has 0 radical (unpaired) electrons. The highest BCUT2D eigenvalue weighted by Gasteiger charge is 2.29. The maximum Gasteiger partial charge on any atom is 0.248 e. The molecule has 8 heteroatoms. The number of hydrogen-bond donors (Lipinski definition) is 1. The minimum atomic E-state index is -0.294. The molecule has 1 aliphatic heterocycles. The number of unbranched alkanes of at least 4 members (excludes halogenated alkanes) is 1. The van der Waals surface area contributed by atoms with Crippen LogP contribution in [0.4, 0.5) is 5.82 Å². The predicted octanol–water partition coefficient (Wildman–Crippen LogP) is 3.86. The first-order valence-electron chi connectivity index (χ1n) is 11.4. The molecule has 1 aliphatic rings. The highest BCUT2D eigenvalue weighted by molar-refractivity contribution is 5.95. The van der Waals surface area contributed by atoms with Crippen LogP contribution in [0.5, 0.6) is 0 Å². The number of hydrogen-bond acceptors (Lipinski definition) is 5. The van der Waals surface area contributed by atoms with E-state index < -0.39 is 0 Å². The fourth-order valence-corrected chi connectivity index (χ4v) is 3.70. The Labute approximate surface area is 191 Å². The van der Waals surface area contributed by atoms with Gasteiger partial charge < -0.3 is 10.2 Å². The van der Waals surface area contributed by atoms with Crippen molar-refractivity contribution in [1.29, 1.82) is 5.26 Å². The molecule has 32 heavy (non-hydrogen) atoms. The lowest BCUT2D eigenvalue weighted by molar-refractivity contribution is -0.131. The number of aromatic nitrogens is 2. The van der Waals surface area contributed by atoms with E-state index in [0.29, 0.717) is 37.3 Å². The molecular formula is C24H36N6O2. The Balaban J connectivity index is 1.90. The van der Waals surface area contributed by atoms with E-state index >= 15 is 0 Å². The van der Waals surface area contributed by atoms with Crippen molar-refractivity contribution >= 4 is 30.5 Å². The topological polar surface area (TPSA) is 103 Å². The molecule has 2 heterocycles. The van der Waals surface area contributed by atoms with E-state index in [0.717, 1.165) is 37.8 Å². The maximum atomic E-state index is 12.6. The number of nitrogens with one attached hydrogen (secondary N) is 1. The van der Waals surface area contributed by atoms with Crippen molar-refractivity contribution in [3.05, 3.63) is 17.3 Å². The minimum Gasteiger partial charge on any atom is -0.352 e. The van der Waals surface area contributed by atoms with Gasteiger partial charge in [0.1, 0.15) is 6.04 Å². The van der Waals surface area contributed by atoms with E-state index in [-0.39, 0.29) is 23.3 Å². The number of carbonyl (C=O) groups is 2. The van der Waals surface area contributed by atoms with Crippen LogP contribution in [0.25, 0.3) is 6.20 Å². The van der Waals surface area contributed by atoms with Crippen molar-refractivity contribution in [2.45, 2.75) is 78.7 Å². The van der Waals surface area contributed by atoms with E-state index in [9.17, 15) is 14.9 Å². The molecule has 1 aromatic rings. The lowest BCUT2D eigenvalue weighted by atomic mass is 9.87. The van der Waals surface area contributed by atoms with Crippen LogP contribution in [0.3, 0.4) is 0 Å². The predicted molar refractivity (Wildman–Crippen MR) is 126 cm³/mol. The van der Waals surface area contributed by atoms with E-state index in [4.69, 9.17) is 0 Å². The summed E-state index contributed by atoms with van der Waals surface area (Å²) in [5, 5.41) is 16.7. The number of nitriles is 1. The Morgan fingerprint density at radius 1 is 1.47 bits per heavy atom. The molecule has 1 unspecified atom stereocenters. The summed E-state index contributed by atoms with van der Waals surface area (Å²) in [5.41, 5.74) is 1.20. The SMILES string of the molecule is C=Nc1cc(CCCC)nn1/C=C(\C)C(=O)NCC(C)(C)CCC(=O)N1CCCC1C#N. The molecule has 1 aromatic heterocycles. The summed E-state index contributed by atoms with van der Waals surface area (Å²) in [4.78, 5) is 30.8. The fraction of sp³-hybridized carbons (Fsp3) is 0.625. The van der Waals surface area contributed by atoms with Gasteiger partial charge >= 0.3 is 0 Å². The second kappa shape index (κ2) is 11.6. The van der Waals surface area contributed by atoms with Crippen LogP contribution in [0.15, 0.2) is 16.6 Å². The van der Waals surface area contributed by atoms with E-state index in [1.807, 2.05) is 19.9 Å². The van der Waals surface area contributed by atoms with Crippen LogP contribution in [-0.2, 0) is 16.0 Å². The molecule has 2 rings (SSSR count). The van der Waals surface area contributed by atoms with Crippen LogP contribution in [0, 0.1) is 16.7 Å². The van der Waals surface area contributed by atoms with Gasteiger partial charge in [0.15, 0.2) is 5.82 Å². The van der Waals surface area contributed by atoms with Gasteiger partial charge in [-0.05, 0) is 51.2 Å². The lowest BCUT2D eigenvalue weighted by Crippen LogP contribution is -2.37. The van der Waals surface area contributed by atoms with Crippen molar-refractivity contribution < 1.29 is 9.59 Å². The van der Waals surface area contributed by atoms with Gasteiger partial charge in [-0.3, -0.25) is 9.59 Å². The first-order valence-corrected chi connectivity index (χ1v) is 11.4. The molecule has 1 atom stereocenters. The van der Waals surface area contributed by atoms with Gasteiger partial charge in [0, 0.05) is 37.3 Å². The molecule has 1 saturated heterocycles. The van der Waals surface area contributed by atoms with E-state index in [1.165, 1.54) is 0 Å². The summed E-state index contributed by atoms with van der Waals surface area (Å²) in [7, 11) is 0. The molecule has 174 valence electrons. The normalized spacial score (nSPS) is 16.7. The van der Waals surface area contributed by atoms with Gasteiger partial charge in [-0.15, -0.1) is 0 Å². The Hall–Kier alpha value is -2.95. The summed E-state index contributed by atoms with van der Waals surface area (Å²) in [6.45, 7) is 12.6. The third kappa shape index (κ3) is 7.04. The first kappa shape index (κ1) is 25.3. The number of aryl methyl sites for hydroxylation is 1. The second-order valence-corrected chi connectivity index (χ2v) is 9.23. The molecule has 1 fully saturated rings. The number of likely N-dealkylation sites (tertiary alicyclic amines) is 1. The third-order valence-corrected chi connectivity index (χ3v) is 5.85. The van der Waals surface area contributed by atoms with Crippen LogP contribution in [0.1, 0.15) is 71.9 Å². The summed E-state index contributed by atoms with van der Waals surface area (Å²) in [5.74, 6) is 0.445. The van der Waals surface area contributed by atoms with Crippen molar-refractivity contribution in [3.8, 4) is 6.07 Å². The van der Waals surface area contributed by atoms with Crippen LogP contribution in [0.2, 0.25) is 0 Å². The Kier molecular flexibility index (Phi) is 9.18. The molecule has 0 aromatic carbocycles. The highest BCUT2D eigenvalue weighted by Crippen LogP contribution is 2.24. The zero-order valence-electron chi connectivity index (χ0n) is 19.9. The number of rotatable bonds is 11. The second-order valence-electron chi connectivity index (χ2n) is 9.23.